The van der Waals surface area contributed by atoms with Gasteiger partial charge in [-0.1, -0.05) is 18.2 Å². The van der Waals surface area contributed by atoms with Crippen molar-refractivity contribution in [3.8, 4) is 5.69 Å². The van der Waals surface area contributed by atoms with Crippen LogP contribution in [0.3, 0.4) is 0 Å². The lowest BCUT2D eigenvalue weighted by Gasteiger charge is -2.35. The molecule has 1 aliphatic carbocycles. The zero-order valence-corrected chi connectivity index (χ0v) is 20.2. The number of nitrogens with zero attached hydrogens (tertiary/aromatic N) is 4. The topological polar surface area (TPSA) is 110 Å². The first-order chi connectivity index (χ1) is 15.7. The van der Waals surface area contributed by atoms with Gasteiger partial charge in [-0.15, -0.1) is 0 Å². The Bertz CT molecular complexity index is 1310. The van der Waals surface area contributed by atoms with Crippen LogP contribution in [0.5, 0.6) is 0 Å². The zero-order chi connectivity index (χ0) is 23.4. The molecule has 11 heteroatoms. The van der Waals surface area contributed by atoms with Crippen LogP contribution in [0.1, 0.15) is 40.2 Å². The molecule has 2 aromatic rings. The van der Waals surface area contributed by atoms with E-state index in [1.807, 2.05) is 35.9 Å². The minimum atomic E-state index is -3.70. The lowest BCUT2D eigenvalue weighted by atomic mass is 10.1. The summed E-state index contributed by atoms with van der Waals surface area (Å²) in [7, 11) is -6.98. The van der Waals surface area contributed by atoms with E-state index in [4.69, 9.17) is 5.10 Å². The quantitative estimate of drug-likeness (QED) is 0.629. The predicted molar refractivity (Wildman–Crippen MR) is 124 cm³/mol. The van der Waals surface area contributed by atoms with Crippen molar-refractivity contribution in [3.05, 3.63) is 46.8 Å². The number of carbonyl (C=O) groups excluding carboxylic acids is 1. The first-order valence-corrected chi connectivity index (χ1v) is 14.7. The summed E-state index contributed by atoms with van der Waals surface area (Å²) in [6.07, 6.45) is 2.81. The van der Waals surface area contributed by atoms with E-state index in [0.717, 1.165) is 41.8 Å². The first kappa shape index (κ1) is 22.5. The molecule has 2 saturated heterocycles. The number of rotatable bonds is 4. The molecule has 2 aliphatic heterocycles. The summed E-state index contributed by atoms with van der Waals surface area (Å²) in [6, 6.07) is 7.96. The average molecular weight is 493 g/mol. The Morgan fingerprint density at radius 3 is 2.48 bits per heavy atom. The Morgan fingerprint density at radius 2 is 1.82 bits per heavy atom. The van der Waals surface area contributed by atoms with Crippen LogP contribution in [-0.4, -0.2) is 84.7 Å². The average Bonchev–Trinajstić information content (AvgIpc) is 3.49. The molecule has 0 spiro atoms. The molecular weight excluding hydrogens is 464 g/mol. The Labute approximate surface area is 194 Å². The van der Waals surface area contributed by atoms with Crippen molar-refractivity contribution in [1.82, 2.24) is 19.0 Å². The van der Waals surface area contributed by atoms with Gasteiger partial charge in [0.15, 0.2) is 15.5 Å². The predicted octanol–water partition coefficient (Wildman–Crippen LogP) is 0.944. The van der Waals surface area contributed by atoms with Crippen molar-refractivity contribution in [2.75, 3.05) is 37.7 Å². The highest BCUT2D eigenvalue weighted by atomic mass is 32.2. The van der Waals surface area contributed by atoms with E-state index >= 15 is 0 Å². The molecule has 1 amide bonds. The van der Waals surface area contributed by atoms with Gasteiger partial charge in [0.25, 0.3) is 5.91 Å². The van der Waals surface area contributed by atoms with E-state index in [9.17, 15) is 21.6 Å². The Hall–Kier alpha value is -2.24. The smallest absolute Gasteiger partial charge is 0.274 e. The van der Waals surface area contributed by atoms with Crippen LogP contribution >= 0.6 is 0 Å². The van der Waals surface area contributed by atoms with Gasteiger partial charge in [0.05, 0.1) is 22.4 Å². The third-order valence-corrected chi connectivity index (χ3v) is 11.3. The number of sulfonamides is 1. The van der Waals surface area contributed by atoms with E-state index in [2.05, 4.69) is 0 Å². The molecule has 1 aromatic heterocycles. The second-order valence-electron chi connectivity index (χ2n) is 9.09. The maximum atomic E-state index is 13.4. The van der Waals surface area contributed by atoms with Gasteiger partial charge in [0.1, 0.15) is 0 Å². The molecule has 33 heavy (non-hydrogen) atoms. The van der Waals surface area contributed by atoms with Gasteiger partial charge >= 0.3 is 0 Å². The van der Waals surface area contributed by atoms with Gasteiger partial charge < -0.3 is 4.90 Å². The van der Waals surface area contributed by atoms with Crippen molar-refractivity contribution in [3.63, 3.8) is 0 Å². The molecule has 0 bridgehead atoms. The Kier molecular flexibility index (Phi) is 5.61. The van der Waals surface area contributed by atoms with Crippen molar-refractivity contribution < 1.29 is 21.6 Å². The van der Waals surface area contributed by atoms with E-state index in [1.165, 1.54) is 4.31 Å². The molecule has 1 aromatic carbocycles. The highest BCUT2D eigenvalue weighted by molar-refractivity contribution is 7.95. The molecule has 0 saturated carbocycles. The maximum Gasteiger partial charge on any atom is 0.274 e. The monoisotopic (exact) mass is 492 g/mol. The second kappa shape index (κ2) is 8.21. The summed E-state index contributed by atoms with van der Waals surface area (Å²) in [6.45, 7) is 2.90. The van der Waals surface area contributed by atoms with Crippen LogP contribution in [0, 0.1) is 6.92 Å². The van der Waals surface area contributed by atoms with E-state index in [1.54, 1.807) is 4.90 Å². The highest BCUT2D eigenvalue weighted by Crippen LogP contribution is 2.30. The van der Waals surface area contributed by atoms with E-state index in [0.29, 0.717) is 5.69 Å². The molecule has 2 fully saturated rings. The Morgan fingerprint density at radius 1 is 1.09 bits per heavy atom. The number of hydrogen-bond acceptors (Lipinski definition) is 6. The standard InChI is InChI=1S/C22H28N4O5S2/c1-16-5-2-3-7-19(16)26-20-8-4-6-18(20)21(23-26)22(27)24-10-12-25(13-11-24)33(30,31)17-9-14-32(28,29)15-17/h2-3,5,7,17H,4,6,8-15H2,1H3. The molecular formula is C22H28N4O5S2. The zero-order valence-electron chi connectivity index (χ0n) is 18.6. The molecule has 178 valence electrons. The fourth-order valence-electron chi connectivity index (χ4n) is 5.11. The minimum Gasteiger partial charge on any atom is -0.335 e. The Balaban J connectivity index is 1.33. The summed E-state index contributed by atoms with van der Waals surface area (Å²) in [5, 5.41) is 3.83. The third-order valence-electron chi connectivity index (χ3n) is 6.97. The number of aryl methyl sites for hydroxylation is 1. The summed E-state index contributed by atoms with van der Waals surface area (Å²) < 4.78 is 52.5. The minimum absolute atomic E-state index is 0.0794. The fourth-order valence-corrected chi connectivity index (χ4v) is 9.62. The summed E-state index contributed by atoms with van der Waals surface area (Å²) in [4.78, 5) is 15.1. The van der Waals surface area contributed by atoms with Gasteiger partial charge in [0, 0.05) is 37.4 Å². The molecule has 1 atom stereocenters. The molecule has 5 rings (SSSR count). The lowest BCUT2D eigenvalue weighted by molar-refractivity contribution is 0.0690. The number of amides is 1. The molecule has 9 nitrogen and oxygen atoms in total. The summed E-state index contributed by atoms with van der Waals surface area (Å²) in [5.41, 5.74) is 4.59. The fraction of sp³-hybridized carbons (Fsp3) is 0.545. The number of sulfone groups is 1. The van der Waals surface area contributed by atoms with Crippen molar-refractivity contribution in [1.29, 1.82) is 0 Å². The second-order valence-corrected chi connectivity index (χ2v) is 13.5. The van der Waals surface area contributed by atoms with E-state index in [-0.39, 0.29) is 50.0 Å². The van der Waals surface area contributed by atoms with Crippen molar-refractivity contribution in [2.24, 2.45) is 0 Å². The van der Waals surface area contributed by atoms with Crippen LogP contribution in [0.4, 0.5) is 0 Å². The third kappa shape index (κ3) is 4.00. The number of para-hydroxylation sites is 1. The normalized spacial score (nSPS) is 23.1. The molecule has 0 radical (unpaired) electrons. The van der Waals surface area contributed by atoms with Gasteiger partial charge in [-0.25, -0.2) is 21.5 Å². The largest absolute Gasteiger partial charge is 0.335 e. The summed E-state index contributed by atoms with van der Waals surface area (Å²) >= 11 is 0. The number of hydrogen-bond donors (Lipinski definition) is 0. The van der Waals surface area contributed by atoms with Crippen LogP contribution < -0.4 is 0 Å². The number of aromatic nitrogens is 2. The van der Waals surface area contributed by atoms with Crippen molar-refractivity contribution >= 4 is 25.8 Å². The molecule has 3 aliphatic rings. The number of piperazine rings is 1. The maximum absolute atomic E-state index is 13.4. The van der Waals surface area contributed by atoms with Crippen LogP contribution in [-0.2, 0) is 32.7 Å². The molecule has 0 N–H and O–H groups in total. The number of benzene rings is 1. The van der Waals surface area contributed by atoms with Gasteiger partial charge in [-0.05, 0) is 44.2 Å². The van der Waals surface area contributed by atoms with Gasteiger partial charge in [-0.2, -0.15) is 9.40 Å². The first-order valence-electron chi connectivity index (χ1n) is 11.3. The lowest BCUT2D eigenvalue weighted by Crippen LogP contribution is -2.52. The highest BCUT2D eigenvalue weighted by Gasteiger charge is 2.42. The van der Waals surface area contributed by atoms with Gasteiger partial charge in [-0.3, -0.25) is 4.79 Å². The van der Waals surface area contributed by atoms with Crippen molar-refractivity contribution in [2.45, 2.75) is 37.9 Å². The van der Waals surface area contributed by atoms with Crippen LogP contribution in [0.25, 0.3) is 5.69 Å². The van der Waals surface area contributed by atoms with Crippen LogP contribution in [0.2, 0.25) is 0 Å². The van der Waals surface area contributed by atoms with Crippen LogP contribution in [0.15, 0.2) is 24.3 Å². The number of fused-ring (bicyclic) bond motifs is 1. The van der Waals surface area contributed by atoms with Gasteiger partial charge in [0.2, 0.25) is 10.0 Å². The summed E-state index contributed by atoms with van der Waals surface area (Å²) in [5.74, 6) is -0.554. The molecule has 1 unspecified atom stereocenters. The van der Waals surface area contributed by atoms with E-state index < -0.39 is 25.1 Å². The molecule has 3 heterocycles. The SMILES string of the molecule is Cc1ccccc1-n1nc(C(=O)N2CCN(S(=O)(=O)C3CCS(=O)(=O)C3)CC2)c2c1CCC2. The number of carbonyl (C=O) groups is 1.